The fraction of sp³-hybridized carbons (Fsp3) is 0.250. The Morgan fingerprint density at radius 1 is 1.05 bits per heavy atom. The van der Waals surface area contributed by atoms with E-state index >= 15 is 0 Å². The zero-order valence-electron chi connectivity index (χ0n) is 12.2. The predicted octanol–water partition coefficient (Wildman–Crippen LogP) is 3.95. The Morgan fingerprint density at radius 2 is 1.81 bits per heavy atom. The number of anilines is 3. The second-order valence-corrected chi connectivity index (χ2v) is 4.35. The second-order valence-electron chi connectivity index (χ2n) is 4.35. The minimum atomic E-state index is -0.459. The average molecular weight is 290 g/mol. The monoisotopic (exact) mass is 290 g/mol. The molecule has 0 bridgehead atoms. The number of nitrogens with one attached hydrogen (secondary N) is 1. The zero-order chi connectivity index (χ0) is 15.2. The summed E-state index contributed by atoms with van der Waals surface area (Å²) in [7, 11) is 0. The molecule has 0 aliphatic heterocycles. The highest BCUT2D eigenvalue weighted by Crippen LogP contribution is 2.34. The van der Waals surface area contributed by atoms with E-state index in [4.69, 9.17) is 15.2 Å². The molecule has 4 nitrogen and oxygen atoms in total. The molecular weight excluding hydrogens is 271 g/mol. The first-order valence-electron chi connectivity index (χ1n) is 6.86. The zero-order valence-corrected chi connectivity index (χ0v) is 12.2. The van der Waals surface area contributed by atoms with Gasteiger partial charge in [-0.15, -0.1) is 0 Å². The lowest BCUT2D eigenvalue weighted by atomic mass is 10.2. The Bertz CT molecular complexity index is 617. The third-order valence-electron chi connectivity index (χ3n) is 2.88. The van der Waals surface area contributed by atoms with E-state index in [2.05, 4.69) is 5.32 Å². The van der Waals surface area contributed by atoms with Gasteiger partial charge in [0.1, 0.15) is 17.3 Å². The SMILES string of the molecule is CCOc1ccc(OCC)c(Nc2cccc(F)c2N)c1. The van der Waals surface area contributed by atoms with Crippen molar-refractivity contribution in [3.05, 3.63) is 42.2 Å². The van der Waals surface area contributed by atoms with E-state index in [0.29, 0.717) is 36.1 Å². The summed E-state index contributed by atoms with van der Waals surface area (Å²) in [5.41, 5.74) is 6.98. The third-order valence-corrected chi connectivity index (χ3v) is 2.88. The molecule has 0 atom stereocenters. The molecule has 0 aromatic heterocycles. The molecule has 0 aliphatic carbocycles. The smallest absolute Gasteiger partial charge is 0.148 e. The molecule has 0 fully saturated rings. The van der Waals surface area contributed by atoms with Gasteiger partial charge in [-0.2, -0.15) is 0 Å². The number of hydrogen-bond acceptors (Lipinski definition) is 4. The van der Waals surface area contributed by atoms with Crippen molar-refractivity contribution in [2.45, 2.75) is 13.8 Å². The molecule has 0 spiro atoms. The summed E-state index contributed by atoms with van der Waals surface area (Å²) in [6.07, 6.45) is 0. The van der Waals surface area contributed by atoms with Crippen molar-refractivity contribution in [1.29, 1.82) is 0 Å². The van der Waals surface area contributed by atoms with Gasteiger partial charge in [0.05, 0.1) is 30.3 Å². The first kappa shape index (κ1) is 15.0. The molecular formula is C16H19FN2O2. The highest BCUT2D eigenvalue weighted by molar-refractivity contribution is 5.76. The lowest BCUT2D eigenvalue weighted by Gasteiger charge is -2.15. The second kappa shape index (κ2) is 6.83. The molecule has 2 rings (SSSR count). The van der Waals surface area contributed by atoms with Gasteiger partial charge >= 0.3 is 0 Å². The van der Waals surface area contributed by atoms with E-state index in [9.17, 15) is 4.39 Å². The van der Waals surface area contributed by atoms with Gasteiger partial charge in [-0.1, -0.05) is 6.07 Å². The van der Waals surface area contributed by atoms with Crippen LogP contribution in [0, 0.1) is 5.82 Å². The van der Waals surface area contributed by atoms with Crippen molar-refractivity contribution >= 4 is 17.1 Å². The van der Waals surface area contributed by atoms with E-state index in [0.717, 1.165) is 0 Å². The third kappa shape index (κ3) is 3.56. The van der Waals surface area contributed by atoms with Gasteiger partial charge in [0.25, 0.3) is 0 Å². The number of nitrogen functional groups attached to an aromatic ring is 1. The highest BCUT2D eigenvalue weighted by atomic mass is 19.1. The van der Waals surface area contributed by atoms with Crippen molar-refractivity contribution < 1.29 is 13.9 Å². The van der Waals surface area contributed by atoms with Gasteiger partial charge in [-0.05, 0) is 38.1 Å². The van der Waals surface area contributed by atoms with E-state index in [-0.39, 0.29) is 5.69 Å². The molecule has 21 heavy (non-hydrogen) atoms. The molecule has 2 aromatic rings. The Balaban J connectivity index is 2.35. The van der Waals surface area contributed by atoms with Crippen molar-refractivity contribution in [2.24, 2.45) is 0 Å². The van der Waals surface area contributed by atoms with Crippen molar-refractivity contribution in [3.8, 4) is 11.5 Å². The summed E-state index contributed by atoms with van der Waals surface area (Å²) in [6.45, 7) is 4.90. The minimum absolute atomic E-state index is 0.0711. The molecule has 0 saturated heterocycles. The number of ether oxygens (including phenoxy) is 2. The van der Waals surface area contributed by atoms with E-state index < -0.39 is 5.82 Å². The maximum Gasteiger partial charge on any atom is 0.148 e. The van der Waals surface area contributed by atoms with Crippen LogP contribution in [0.5, 0.6) is 11.5 Å². The highest BCUT2D eigenvalue weighted by Gasteiger charge is 2.10. The van der Waals surface area contributed by atoms with Crippen LogP contribution in [-0.4, -0.2) is 13.2 Å². The Hall–Kier alpha value is -2.43. The van der Waals surface area contributed by atoms with Gasteiger partial charge in [0.2, 0.25) is 0 Å². The standard InChI is InChI=1S/C16H19FN2O2/c1-3-20-11-8-9-15(21-4-2)14(10-11)19-13-7-5-6-12(17)16(13)18/h5-10,19H,3-4,18H2,1-2H3. The predicted molar refractivity (Wildman–Crippen MR) is 82.9 cm³/mol. The summed E-state index contributed by atoms with van der Waals surface area (Å²) in [4.78, 5) is 0. The first-order chi connectivity index (χ1) is 10.2. The van der Waals surface area contributed by atoms with Gasteiger partial charge in [-0.3, -0.25) is 0 Å². The molecule has 0 radical (unpaired) electrons. The molecule has 0 saturated carbocycles. The summed E-state index contributed by atoms with van der Waals surface area (Å²) >= 11 is 0. The van der Waals surface area contributed by atoms with Crippen LogP contribution >= 0.6 is 0 Å². The fourth-order valence-electron chi connectivity index (χ4n) is 1.94. The Morgan fingerprint density at radius 3 is 2.52 bits per heavy atom. The molecule has 0 aliphatic rings. The molecule has 3 N–H and O–H groups in total. The molecule has 112 valence electrons. The first-order valence-corrected chi connectivity index (χ1v) is 6.86. The van der Waals surface area contributed by atoms with Crippen LogP contribution in [0.15, 0.2) is 36.4 Å². The summed E-state index contributed by atoms with van der Waals surface area (Å²) < 4.78 is 24.5. The van der Waals surface area contributed by atoms with Gasteiger partial charge in [-0.25, -0.2) is 4.39 Å². The van der Waals surface area contributed by atoms with Crippen LogP contribution in [0.25, 0.3) is 0 Å². The van der Waals surface area contributed by atoms with E-state index in [1.807, 2.05) is 26.0 Å². The lowest BCUT2D eigenvalue weighted by molar-refractivity contribution is 0.332. The van der Waals surface area contributed by atoms with Gasteiger partial charge in [0, 0.05) is 6.07 Å². The normalized spacial score (nSPS) is 10.2. The molecule has 2 aromatic carbocycles. The van der Waals surface area contributed by atoms with Crippen LogP contribution in [0.4, 0.5) is 21.5 Å². The molecule has 0 heterocycles. The summed E-state index contributed by atoms with van der Waals surface area (Å²) in [5, 5.41) is 3.10. The largest absolute Gasteiger partial charge is 0.494 e. The Kier molecular flexibility index (Phi) is 4.87. The molecule has 5 heteroatoms. The van der Waals surface area contributed by atoms with Crippen molar-refractivity contribution in [3.63, 3.8) is 0 Å². The summed E-state index contributed by atoms with van der Waals surface area (Å²) in [6, 6.07) is 10.1. The van der Waals surface area contributed by atoms with Crippen molar-refractivity contribution in [1.82, 2.24) is 0 Å². The number of para-hydroxylation sites is 1. The van der Waals surface area contributed by atoms with Crippen LogP contribution in [-0.2, 0) is 0 Å². The summed E-state index contributed by atoms with van der Waals surface area (Å²) in [5.74, 6) is 0.905. The minimum Gasteiger partial charge on any atom is -0.494 e. The maximum atomic E-state index is 13.5. The van der Waals surface area contributed by atoms with Crippen LogP contribution in [0.2, 0.25) is 0 Å². The number of rotatable bonds is 6. The van der Waals surface area contributed by atoms with Crippen molar-refractivity contribution in [2.75, 3.05) is 24.3 Å². The lowest BCUT2D eigenvalue weighted by Crippen LogP contribution is -2.02. The Labute approximate surface area is 123 Å². The average Bonchev–Trinajstić information content (AvgIpc) is 2.47. The van der Waals surface area contributed by atoms with E-state index in [1.165, 1.54) is 6.07 Å². The van der Waals surface area contributed by atoms with Gasteiger partial charge < -0.3 is 20.5 Å². The topological polar surface area (TPSA) is 56.5 Å². The van der Waals surface area contributed by atoms with Crippen LogP contribution in [0.3, 0.4) is 0 Å². The molecule has 0 unspecified atom stereocenters. The number of halogens is 1. The van der Waals surface area contributed by atoms with Crippen LogP contribution in [0.1, 0.15) is 13.8 Å². The molecule has 0 amide bonds. The quantitative estimate of drug-likeness (QED) is 0.791. The van der Waals surface area contributed by atoms with E-state index in [1.54, 1.807) is 18.2 Å². The number of nitrogens with two attached hydrogens (primary N) is 1. The van der Waals surface area contributed by atoms with Crippen LogP contribution < -0.4 is 20.5 Å². The maximum absolute atomic E-state index is 13.5. The number of benzene rings is 2. The fourth-order valence-corrected chi connectivity index (χ4v) is 1.94. The van der Waals surface area contributed by atoms with Gasteiger partial charge in [0.15, 0.2) is 0 Å². The number of hydrogen-bond donors (Lipinski definition) is 2.